The predicted molar refractivity (Wildman–Crippen MR) is 83.4 cm³/mol. The molecule has 0 aliphatic rings. The smallest absolute Gasteiger partial charge is 0.251 e. The molecule has 0 radical (unpaired) electrons. The van der Waals surface area contributed by atoms with Gasteiger partial charge in [-0.25, -0.2) is 4.98 Å². The average Bonchev–Trinajstić information content (AvgIpc) is 2.51. The number of halogens is 1. The molecule has 0 saturated carbocycles. The Morgan fingerprint density at radius 2 is 2.24 bits per heavy atom. The van der Waals surface area contributed by atoms with E-state index in [1.165, 1.54) is 0 Å². The lowest BCUT2D eigenvalue weighted by molar-refractivity contribution is 0.0951. The molecule has 1 amide bonds. The van der Waals surface area contributed by atoms with Crippen LogP contribution in [0, 0.1) is 0 Å². The Balaban J connectivity index is 2.03. The van der Waals surface area contributed by atoms with Crippen molar-refractivity contribution in [2.45, 2.75) is 19.9 Å². The maximum absolute atomic E-state index is 12.2. The number of rotatable bonds is 6. The van der Waals surface area contributed by atoms with Crippen LogP contribution in [0.25, 0.3) is 0 Å². The number of anilines is 1. The van der Waals surface area contributed by atoms with Crippen molar-refractivity contribution in [1.82, 2.24) is 15.3 Å². The summed E-state index contributed by atoms with van der Waals surface area (Å²) in [6.45, 7) is 3.26. The molecule has 110 valence electrons. The molecule has 2 aromatic heterocycles. The third kappa shape index (κ3) is 4.72. The van der Waals surface area contributed by atoms with Gasteiger partial charge >= 0.3 is 0 Å². The monoisotopic (exact) mass is 304 g/mol. The summed E-state index contributed by atoms with van der Waals surface area (Å²) in [7, 11) is 0. The van der Waals surface area contributed by atoms with E-state index >= 15 is 0 Å². The Hall–Kier alpha value is -2.14. The summed E-state index contributed by atoms with van der Waals surface area (Å²) in [4.78, 5) is 20.3. The number of hydrogen-bond acceptors (Lipinski definition) is 4. The maximum atomic E-state index is 12.2. The molecular weight excluding hydrogens is 288 g/mol. The first-order valence-corrected chi connectivity index (χ1v) is 7.15. The van der Waals surface area contributed by atoms with Crippen molar-refractivity contribution in [3.05, 3.63) is 52.9 Å². The van der Waals surface area contributed by atoms with Gasteiger partial charge in [-0.2, -0.15) is 0 Å². The first-order chi connectivity index (χ1) is 10.2. The van der Waals surface area contributed by atoms with Crippen LogP contribution in [0.3, 0.4) is 0 Å². The third-order valence-electron chi connectivity index (χ3n) is 2.79. The number of carbonyl (C=O) groups excluding carboxylic acids is 1. The summed E-state index contributed by atoms with van der Waals surface area (Å²) < 4.78 is 0. The minimum atomic E-state index is -0.192. The fraction of sp³-hybridized carbons (Fsp3) is 0.267. The quantitative estimate of drug-likeness (QED) is 0.805. The van der Waals surface area contributed by atoms with Crippen LogP contribution in [-0.4, -0.2) is 22.4 Å². The molecule has 0 fully saturated rings. The van der Waals surface area contributed by atoms with Gasteiger partial charge in [0.1, 0.15) is 11.0 Å². The van der Waals surface area contributed by atoms with Crippen molar-refractivity contribution in [2.24, 2.45) is 0 Å². The van der Waals surface area contributed by atoms with Crippen molar-refractivity contribution < 1.29 is 4.79 Å². The van der Waals surface area contributed by atoms with Crippen LogP contribution in [-0.2, 0) is 6.54 Å². The Morgan fingerprint density at radius 3 is 2.95 bits per heavy atom. The van der Waals surface area contributed by atoms with E-state index in [4.69, 9.17) is 11.6 Å². The second-order valence-corrected chi connectivity index (χ2v) is 4.92. The van der Waals surface area contributed by atoms with Gasteiger partial charge in [0.15, 0.2) is 0 Å². The molecule has 6 heteroatoms. The lowest BCUT2D eigenvalue weighted by Crippen LogP contribution is -2.23. The van der Waals surface area contributed by atoms with Crippen molar-refractivity contribution in [1.29, 1.82) is 0 Å². The summed E-state index contributed by atoms with van der Waals surface area (Å²) in [5.74, 6) is 0.415. The van der Waals surface area contributed by atoms with Gasteiger partial charge in [-0.15, -0.1) is 0 Å². The maximum Gasteiger partial charge on any atom is 0.251 e. The second kappa shape index (κ2) is 7.59. The molecule has 0 bridgehead atoms. The Morgan fingerprint density at radius 1 is 1.38 bits per heavy atom. The highest BCUT2D eigenvalue weighted by Crippen LogP contribution is 2.14. The van der Waals surface area contributed by atoms with Crippen LogP contribution >= 0.6 is 11.6 Å². The molecular formula is C15H17ClN4O. The van der Waals surface area contributed by atoms with E-state index < -0.39 is 0 Å². The normalized spacial score (nSPS) is 10.2. The summed E-state index contributed by atoms with van der Waals surface area (Å²) >= 11 is 5.95. The molecule has 5 nitrogen and oxygen atoms in total. The number of nitrogens with one attached hydrogen (secondary N) is 2. The van der Waals surface area contributed by atoms with Gasteiger partial charge in [-0.1, -0.05) is 24.6 Å². The van der Waals surface area contributed by atoms with Gasteiger partial charge in [0.05, 0.1) is 0 Å². The van der Waals surface area contributed by atoms with E-state index in [0.29, 0.717) is 23.1 Å². The number of aromatic nitrogens is 2. The van der Waals surface area contributed by atoms with Crippen molar-refractivity contribution >= 4 is 23.3 Å². The number of hydrogen-bond donors (Lipinski definition) is 2. The molecule has 0 atom stereocenters. The fourth-order valence-electron chi connectivity index (χ4n) is 1.76. The minimum absolute atomic E-state index is 0.192. The predicted octanol–water partition coefficient (Wildman–Crippen LogP) is 2.88. The second-order valence-electron chi connectivity index (χ2n) is 4.53. The fourth-order valence-corrected chi connectivity index (χ4v) is 1.97. The zero-order chi connectivity index (χ0) is 15.1. The highest BCUT2D eigenvalue weighted by Gasteiger charge is 2.09. The Bertz CT molecular complexity index is 604. The molecule has 0 unspecified atom stereocenters. The molecule has 0 saturated heterocycles. The molecule has 2 heterocycles. The van der Waals surface area contributed by atoms with E-state index in [-0.39, 0.29) is 5.91 Å². The standard InChI is InChI=1S/C15H17ClN4O/c1-2-5-18-14-8-12(7-13(16)20-14)15(21)19-10-11-4-3-6-17-9-11/h3-4,6-9H,2,5,10H2,1H3,(H,18,20)(H,19,21). The zero-order valence-corrected chi connectivity index (χ0v) is 12.5. The van der Waals surface area contributed by atoms with E-state index in [0.717, 1.165) is 18.5 Å². The van der Waals surface area contributed by atoms with Crippen molar-refractivity contribution in [3.63, 3.8) is 0 Å². The number of nitrogens with zero attached hydrogens (tertiary/aromatic N) is 2. The SMILES string of the molecule is CCCNc1cc(C(=O)NCc2cccnc2)cc(Cl)n1. The summed E-state index contributed by atoms with van der Waals surface area (Å²) in [6, 6.07) is 6.98. The number of pyridine rings is 2. The van der Waals surface area contributed by atoms with Crippen LogP contribution in [0.5, 0.6) is 0 Å². The average molecular weight is 305 g/mol. The van der Waals surface area contributed by atoms with Crippen LogP contribution in [0.4, 0.5) is 5.82 Å². The van der Waals surface area contributed by atoms with Crippen LogP contribution in [0.15, 0.2) is 36.7 Å². The van der Waals surface area contributed by atoms with Crippen LogP contribution in [0.1, 0.15) is 29.3 Å². The molecule has 0 aliphatic heterocycles. The molecule has 21 heavy (non-hydrogen) atoms. The van der Waals surface area contributed by atoms with Crippen molar-refractivity contribution in [3.8, 4) is 0 Å². The van der Waals surface area contributed by atoms with Gasteiger partial charge in [0.25, 0.3) is 5.91 Å². The Kier molecular flexibility index (Phi) is 5.51. The van der Waals surface area contributed by atoms with E-state index in [1.807, 2.05) is 12.1 Å². The molecule has 0 spiro atoms. The molecule has 0 aliphatic carbocycles. The highest BCUT2D eigenvalue weighted by atomic mass is 35.5. The largest absolute Gasteiger partial charge is 0.370 e. The van der Waals surface area contributed by atoms with Gasteiger partial charge in [0.2, 0.25) is 0 Å². The minimum Gasteiger partial charge on any atom is -0.370 e. The van der Waals surface area contributed by atoms with Gasteiger partial charge < -0.3 is 10.6 Å². The van der Waals surface area contributed by atoms with Gasteiger partial charge in [0, 0.05) is 31.0 Å². The van der Waals surface area contributed by atoms with Gasteiger partial charge in [-0.3, -0.25) is 9.78 Å². The molecule has 2 aromatic rings. The summed E-state index contributed by atoms with van der Waals surface area (Å²) in [5, 5.41) is 6.25. The number of amides is 1. The third-order valence-corrected chi connectivity index (χ3v) is 2.98. The first kappa shape index (κ1) is 15.3. The molecule has 2 N–H and O–H groups in total. The first-order valence-electron chi connectivity index (χ1n) is 6.77. The highest BCUT2D eigenvalue weighted by molar-refractivity contribution is 6.29. The summed E-state index contributed by atoms with van der Waals surface area (Å²) in [5.41, 5.74) is 1.42. The summed E-state index contributed by atoms with van der Waals surface area (Å²) in [6.07, 6.45) is 4.38. The number of carbonyl (C=O) groups is 1. The van der Waals surface area contributed by atoms with E-state index in [2.05, 4.69) is 27.5 Å². The lowest BCUT2D eigenvalue weighted by atomic mass is 10.2. The van der Waals surface area contributed by atoms with Crippen LogP contribution in [0.2, 0.25) is 5.15 Å². The zero-order valence-electron chi connectivity index (χ0n) is 11.8. The lowest BCUT2D eigenvalue weighted by Gasteiger charge is -2.08. The Labute approximate surface area is 128 Å². The van der Waals surface area contributed by atoms with Crippen LogP contribution < -0.4 is 10.6 Å². The van der Waals surface area contributed by atoms with Gasteiger partial charge in [-0.05, 0) is 30.2 Å². The van der Waals surface area contributed by atoms with Crippen molar-refractivity contribution in [2.75, 3.05) is 11.9 Å². The molecule has 2 rings (SSSR count). The van der Waals surface area contributed by atoms with E-state index in [9.17, 15) is 4.79 Å². The molecule has 0 aromatic carbocycles. The topological polar surface area (TPSA) is 66.9 Å². The van der Waals surface area contributed by atoms with E-state index in [1.54, 1.807) is 24.5 Å².